The Morgan fingerprint density at radius 3 is 2.44 bits per heavy atom. The van der Waals surface area contributed by atoms with E-state index in [1.54, 1.807) is 26.0 Å². The lowest BCUT2D eigenvalue weighted by Crippen LogP contribution is -2.53. The molecule has 0 aromatic heterocycles. The van der Waals surface area contributed by atoms with Gasteiger partial charge in [0.25, 0.3) is 5.69 Å². The standard InChI is InChI=1S/C14H20N6O4.BrH/c1-14(2)18-12(15)17-13(16)19(14)24-9-3-8-23-11-6-4-10(5-7-11)20(21)22;/h4-7H,3,8-9H2,1-2H3,(H4,15,16,17,18);1H. The second-order valence-electron chi connectivity index (χ2n) is 5.52. The molecule has 0 saturated heterocycles. The van der Waals surface area contributed by atoms with E-state index in [1.807, 2.05) is 0 Å². The first-order valence-corrected chi connectivity index (χ1v) is 7.29. The number of hydrogen-bond acceptors (Lipinski definition) is 9. The van der Waals surface area contributed by atoms with Crippen molar-refractivity contribution in [3.63, 3.8) is 0 Å². The van der Waals surface area contributed by atoms with E-state index < -0.39 is 10.6 Å². The number of benzene rings is 1. The highest BCUT2D eigenvalue weighted by Crippen LogP contribution is 2.20. The summed E-state index contributed by atoms with van der Waals surface area (Å²) in [6.45, 7) is 4.32. The molecule has 1 aromatic rings. The summed E-state index contributed by atoms with van der Waals surface area (Å²) >= 11 is 0. The van der Waals surface area contributed by atoms with Gasteiger partial charge in [0.1, 0.15) is 5.75 Å². The minimum Gasteiger partial charge on any atom is -0.493 e. The van der Waals surface area contributed by atoms with Crippen molar-refractivity contribution in [2.45, 2.75) is 25.9 Å². The molecule has 1 aliphatic rings. The van der Waals surface area contributed by atoms with Crippen LogP contribution in [0.2, 0.25) is 0 Å². The number of aliphatic imine (C=N–C) groups is 2. The zero-order valence-corrected chi connectivity index (χ0v) is 15.6. The van der Waals surface area contributed by atoms with E-state index in [-0.39, 0.29) is 34.6 Å². The Morgan fingerprint density at radius 2 is 1.88 bits per heavy atom. The number of halogens is 1. The molecule has 138 valence electrons. The van der Waals surface area contributed by atoms with Crippen LogP contribution in [0.4, 0.5) is 5.69 Å². The van der Waals surface area contributed by atoms with Crippen molar-refractivity contribution in [2.75, 3.05) is 13.2 Å². The molecular weight excluding hydrogens is 396 g/mol. The molecule has 0 saturated carbocycles. The quantitative estimate of drug-likeness (QED) is 0.389. The van der Waals surface area contributed by atoms with Gasteiger partial charge in [-0.25, -0.2) is 4.99 Å². The lowest BCUT2D eigenvalue weighted by atomic mass is 10.2. The predicted molar refractivity (Wildman–Crippen MR) is 98.6 cm³/mol. The second kappa shape index (κ2) is 8.62. The Labute approximate surface area is 155 Å². The zero-order valence-electron chi connectivity index (χ0n) is 13.9. The normalized spacial score (nSPS) is 15.7. The molecule has 0 aliphatic carbocycles. The first-order chi connectivity index (χ1) is 11.3. The number of guanidine groups is 2. The molecule has 0 bridgehead atoms. The fourth-order valence-electron chi connectivity index (χ4n) is 2.09. The molecule has 0 amide bonds. The maximum atomic E-state index is 10.6. The minimum atomic E-state index is -0.741. The van der Waals surface area contributed by atoms with Gasteiger partial charge in [-0.1, -0.05) is 0 Å². The van der Waals surface area contributed by atoms with Gasteiger partial charge in [0.15, 0.2) is 5.66 Å². The van der Waals surface area contributed by atoms with Crippen molar-refractivity contribution in [2.24, 2.45) is 21.5 Å². The number of non-ortho nitro benzene ring substituents is 1. The fourth-order valence-corrected chi connectivity index (χ4v) is 2.09. The van der Waals surface area contributed by atoms with Gasteiger partial charge in [0.05, 0.1) is 18.1 Å². The second-order valence-corrected chi connectivity index (χ2v) is 5.52. The van der Waals surface area contributed by atoms with Crippen LogP contribution in [0, 0.1) is 10.1 Å². The molecule has 0 atom stereocenters. The smallest absolute Gasteiger partial charge is 0.269 e. The van der Waals surface area contributed by atoms with E-state index >= 15 is 0 Å². The number of rotatable bonds is 7. The summed E-state index contributed by atoms with van der Waals surface area (Å²) in [5, 5.41) is 12.0. The summed E-state index contributed by atoms with van der Waals surface area (Å²) in [5.41, 5.74) is 10.6. The summed E-state index contributed by atoms with van der Waals surface area (Å²) in [7, 11) is 0. The number of hydroxylamine groups is 2. The summed E-state index contributed by atoms with van der Waals surface area (Å²) in [5.74, 6) is 0.806. The summed E-state index contributed by atoms with van der Waals surface area (Å²) in [6.07, 6.45) is 0.579. The molecule has 4 N–H and O–H groups in total. The fraction of sp³-hybridized carbons (Fsp3) is 0.429. The first kappa shape index (κ1) is 20.6. The molecule has 1 aliphatic heterocycles. The predicted octanol–water partition coefficient (Wildman–Crippen LogP) is 1.55. The van der Waals surface area contributed by atoms with Crippen LogP contribution in [0.25, 0.3) is 0 Å². The maximum absolute atomic E-state index is 10.6. The summed E-state index contributed by atoms with van der Waals surface area (Å²) in [6, 6.07) is 5.88. The van der Waals surface area contributed by atoms with E-state index in [0.29, 0.717) is 25.4 Å². The van der Waals surface area contributed by atoms with E-state index in [9.17, 15) is 10.1 Å². The molecule has 1 heterocycles. The van der Waals surface area contributed by atoms with E-state index in [4.69, 9.17) is 21.0 Å². The number of ether oxygens (including phenoxy) is 1. The molecule has 0 fully saturated rings. The number of nitro benzene ring substituents is 1. The van der Waals surface area contributed by atoms with E-state index in [1.165, 1.54) is 17.2 Å². The van der Waals surface area contributed by atoms with Crippen molar-refractivity contribution in [1.29, 1.82) is 0 Å². The van der Waals surface area contributed by atoms with Crippen molar-refractivity contribution >= 4 is 34.6 Å². The Balaban J connectivity index is 0.00000312. The monoisotopic (exact) mass is 416 g/mol. The van der Waals surface area contributed by atoms with Crippen molar-refractivity contribution in [3.05, 3.63) is 34.4 Å². The summed E-state index contributed by atoms with van der Waals surface area (Å²) in [4.78, 5) is 23.7. The third-order valence-corrected chi connectivity index (χ3v) is 3.15. The average molecular weight is 417 g/mol. The van der Waals surface area contributed by atoms with E-state index in [2.05, 4.69) is 9.98 Å². The highest BCUT2D eigenvalue weighted by Gasteiger charge is 2.32. The van der Waals surface area contributed by atoms with Crippen LogP contribution in [0.5, 0.6) is 5.75 Å². The SMILES string of the molecule is Br.CC1(C)N=C(N)N=C(N)N1OCCCOc1ccc([N+](=O)[O-])cc1. The molecule has 2 rings (SSSR count). The van der Waals surface area contributed by atoms with Gasteiger partial charge < -0.3 is 16.2 Å². The highest BCUT2D eigenvalue weighted by atomic mass is 79.9. The van der Waals surface area contributed by atoms with Crippen LogP contribution < -0.4 is 16.2 Å². The van der Waals surface area contributed by atoms with Gasteiger partial charge in [-0.2, -0.15) is 10.1 Å². The van der Waals surface area contributed by atoms with Crippen LogP contribution in [-0.2, 0) is 4.84 Å². The van der Waals surface area contributed by atoms with E-state index in [0.717, 1.165) is 0 Å². The number of nitro groups is 1. The van der Waals surface area contributed by atoms with Gasteiger partial charge in [0, 0.05) is 18.6 Å². The van der Waals surface area contributed by atoms with Crippen LogP contribution in [0.1, 0.15) is 20.3 Å². The van der Waals surface area contributed by atoms with Gasteiger partial charge in [-0.3, -0.25) is 15.0 Å². The molecular formula is C14H21BrN6O4. The van der Waals surface area contributed by atoms with Gasteiger partial charge >= 0.3 is 0 Å². The van der Waals surface area contributed by atoms with Crippen molar-refractivity contribution in [1.82, 2.24) is 5.06 Å². The highest BCUT2D eigenvalue weighted by molar-refractivity contribution is 8.93. The average Bonchev–Trinajstić information content (AvgIpc) is 2.48. The van der Waals surface area contributed by atoms with Gasteiger partial charge in [-0.05, 0) is 26.0 Å². The zero-order chi connectivity index (χ0) is 17.7. The molecule has 25 heavy (non-hydrogen) atoms. The third-order valence-electron chi connectivity index (χ3n) is 3.15. The van der Waals surface area contributed by atoms with Crippen LogP contribution in [-0.4, -0.2) is 40.8 Å². The Bertz CT molecular complexity index is 662. The lowest BCUT2D eigenvalue weighted by molar-refractivity contribution is -0.384. The topological polar surface area (TPSA) is 142 Å². The molecule has 10 nitrogen and oxygen atoms in total. The van der Waals surface area contributed by atoms with Crippen molar-refractivity contribution in [3.8, 4) is 5.75 Å². The first-order valence-electron chi connectivity index (χ1n) is 7.29. The Morgan fingerprint density at radius 1 is 1.24 bits per heavy atom. The Kier molecular flexibility index (Phi) is 7.12. The van der Waals surface area contributed by atoms with Crippen LogP contribution in [0.3, 0.4) is 0 Å². The molecule has 0 spiro atoms. The largest absolute Gasteiger partial charge is 0.493 e. The van der Waals surface area contributed by atoms with Gasteiger partial charge in [-0.15, -0.1) is 17.0 Å². The Hall–Kier alpha value is -2.40. The minimum absolute atomic E-state index is 0. The number of hydrogen-bond donors (Lipinski definition) is 2. The number of nitrogens with zero attached hydrogens (tertiary/aromatic N) is 4. The molecule has 1 aromatic carbocycles. The van der Waals surface area contributed by atoms with Gasteiger partial charge in [0.2, 0.25) is 11.9 Å². The lowest BCUT2D eigenvalue weighted by Gasteiger charge is -2.36. The van der Waals surface area contributed by atoms with Crippen LogP contribution >= 0.6 is 17.0 Å². The summed E-state index contributed by atoms with van der Waals surface area (Å²) < 4.78 is 5.50. The molecule has 0 radical (unpaired) electrons. The van der Waals surface area contributed by atoms with Crippen LogP contribution in [0.15, 0.2) is 34.3 Å². The third kappa shape index (κ3) is 5.57. The van der Waals surface area contributed by atoms with Crippen molar-refractivity contribution < 1.29 is 14.5 Å². The molecule has 11 heteroatoms. The molecule has 0 unspecified atom stereocenters. The maximum Gasteiger partial charge on any atom is 0.269 e. The number of nitrogens with two attached hydrogens (primary N) is 2.